The average Bonchev–Trinajstić information content (AvgIpc) is 3.36. The maximum absolute atomic E-state index is 13.6. The molecule has 4 aromatic rings. The van der Waals surface area contributed by atoms with Gasteiger partial charge in [0.15, 0.2) is 5.65 Å². The molecule has 1 aliphatic heterocycles. The lowest BCUT2D eigenvalue weighted by Crippen LogP contribution is -2.38. The number of piperidine rings is 1. The van der Waals surface area contributed by atoms with Crippen LogP contribution in [-0.4, -0.2) is 43.6 Å². The van der Waals surface area contributed by atoms with Crippen LogP contribution < -0.4 is 11.2 Å². The van der Waals surface area contributed by atoms with Crippen molar-refractivity contribution in [3.63, 3.8) is 0 Å². The summed E-state index contributed by atoms with van der Waals surface area (Å²) in [5.74, 6) is 0.808. The molecule has 0 unspecified atom stereocenters. The van der Waals surface area contributed by atoms with Crippen LogP contribution in [0.3, 0.4) is 0 Å². The number of hydrogen-bond donors (Lipinski definition) is 1. The highest BCUT2D eigenvalue weighted by molar-refractivity contribution is 5.69. The summed E-state index contributed by atoms with van der Waals surface area (Å²) in [6.45, 7) is 7.10. The zero-order chi connectivity index (χ0) is 27.7. The van der Waals surface area contributed by atoms with Crippen LogP contribution in [0.2, 0.25) is 0 Å². The highest BCUT2D eigenvalue weighted by Gasteiger charge is 2.29. The van der Waals surface area contributed by atoms with E-state index in [1.54, 1.807) is 4.57 Å². The Morgan fingerprint density at radius 1 is 0.949 bits per heavy atom. The van der Waals surface area contributed by atoms with Crippen molar-refractivity contribution in [3.05, 3.63) is 98.0 Å². The normalized spacial score (nSPS) is 15.2. The maximum atomic E-state index is 13.6. The Kier molecular flexibility index (Phi) is 7.79. The summed E-state index contributed by atoms with van der Waals surface area (Å²) in [4.78, 5) is 35.6. The second-order valence-corrected chi connectivity index (χ2v) is 11.0. The number of imidazole rings is 1. The van der Waals surface area contributed by atoms with E-state index in [1.165, 1.54) is 31.3 Å². The molecule has 0 bridgehead atoms. The van der Waals surface area contributed by atoms with Gasteiger partial charge in [-0.2, -0.15) is 0 Å². The summed E-state index contributed by atoms with van der Waals surface area (Å²) >= 11 is 0. The zero-order valence-electron chi connectivity index (χ0n) is 22.7. The van der Waals surface area contributed by atoms with Gasteiger partial charge in [0.05, 0.1) is 0 Å². The number of aromatic nitrogens is 4. The number of likely N-dealkylation sites (tertiary alicyclic amines) is 1. The van der Waals surface area contributed by atoms with Gasteiger partial charge in [-0.3, -0.25) is 13.9 Å². The lowest BCUT2D eigenvalue weighted by Gasteiger charge is -2.36. The van der Waals surface area contributed by atoms with Crippen molar-refractivity contribution in [3.8, 4) is 0 Å². The quantitative estimate of drug-likeness (QED) is 0.362. The Hall–Kier alpha value is -3.59. The van der Waals surface area contributed by atoms with Crippen LogP contribution in [0.25, 0.3) is 11.2 Å². The number of nitrogens with zero attached hydrogens (tertiary/aromatic N) is 4. The molecule has 206 valence electrons. The highest BCUT2D eigenvalue weighted by atomic mass is 19.1. The molecule has 1 aliphatic rings. The van der Waals surface area contributed by atoms with Gasteiger partial charge in [-0.25, -0.2) is 18.6 Å². The predicted octanol–water partition coefficient (Wildman–Crippen LogP) is 4.44. The summed E-state index contributed by atoms with van der Waals surface area (Å²) in [7, 11) is 1.50. The van der Waals surface area contributed by atoms with E-state index in [0.29, 0.717) is 35.9 Å². The Bertz CT molecular complexity index is 1500. The molecule has 0 spiro atoms. The lowest BCUT2D eigenvalue weighted by atomic mass is 9.76. The standard InChI is InChI=1S/C30H35F2N5O2/c1-19(2)18-37-28-27(29(38)35(3)30(37)39)33-25(34-28)14-17-36-15-12-22(13-16-36)26(20-4-8-23(31)9-5-20)21-6-10-24(32)11-7-21/h4-11,19,22,26H,12-18H2,1-3H3,(H,33,34). The first-order valence-electron chi connectivity index (χ1n) is 13.6. The van der Waals surface area contributed by atoms with Crippen LogP contribution in [0.1, 0.15) is 49.6 Å². The third kappa shape index (κ3) is 5.73. The molecule has 0 aliphatic carbocycles. The molecule has 7 nitrogen and oxygen atoms in total. The molecule has 1 saturated heterocycles. The molecule has 5 rings (SSSR count). The fourth-order valence-electron chi connectivity index (χ4n) is 5.78. The minimum Gasteiger partial charge on any atom is -0.336 e. The van der Waals surface area contributed by atoms with Crippen LogP contribution in [0.4, 0.5) is 8.78 Å². The van der Waals surface area contributed by atoms with Crippen molar-refractivity contribution in [2.45, 2.75) is 45.6 Å². The van der Waals surface area contributed by atoms with Gasteiger partial charge in [-0.15, -0.1) is 0 Å². The van der Waals surface area contributed by atoms with Crippen molar-refractivity contribution in [2.24, 2.45) is 18.9 Å². The monoisotopic (exact) mass is 535 g/mol. The van der Waals surface area contributed by atoms with Crippen molar-refractivity contribution < 1.29 is 8.78 Å². The second-order valence-electron chi connectivity index (χ2n) is 11.0. The molecule has 0 radical (unpaired) electrons. The molecule has 1 fully saturated rings. The van der Waals surface area contributed by atoms with Gasteiger partial charge in [-0.1, -0.05) is 38.1 Å². The van der Waals surface area contributed by atoms with Crippen LogP contribution in [0.5, 0.6) is 0 Å². The summed E-state index contributed by atoms with van der Waals surface area (Å²) in [5, 5.41) is 0. The molecule has 39 heavy (non-hydrogen) atoms. The van der Waals surface area contributed by atoms with Crippen LogP contribution >= 0.6 is 0 Å². The third-order valence-electron chi connectivity index (χ3n) is 7.80. The first-order chi connectivity index (χ1) is 18.7. The smallest absolute Gasteiger partial charge is 0.332 e. The van der Waals surface area contributed by atoms with E-state index in [9.17, 15) is 18.4 Å². The van der Waals surface area contributed by atoms with Gasteiger partial charge in [0.1, 0.15) is 23.0 Å². The highest BCUT2D eigenvalue weighted by Crippen LogP contribution is 2.38. The first kappa shape index (κ1) is 27.0. The molecule has 3 heterocycles. The molecule has 0 atom stereocenters. The number of rotatable bonds is 8. The van der Waals surface area contributed by atoms with Gasteiger partial charge >= 0.3 is 5.69 Å². The summed E-state index contributed by atoms with van der Waals surface area (Å²) < 4.78 is 30.0. The Morgan fingerprint density at radius 3 is 2.05 bits per heavy atom. The Morgan fingerprint density at radius 2 is 1.51 bits per heavy atom. The van der Waals surface area contributed by atoms with Crippen molar-refractivity contribution in [2.75, 3.05) is 19.6 Å². The number of benzene rings is 2. The second kappa shape index (κ2) is 11.3. The number of hydrogen-bond acceptors (Lipinski definition) is 4. The SMILES string of the molecule is CC(C)Cn1c(=O)n(C)c(=O)c2[nH]c(CCN3CCC(C(c4ccc(F)cc4)c4ccc(F)cc4)CC3)nc21. The third-order valence-corrected chi connectivity index (χ3v) is 7.80. The van der Waals surface area contributed by atoms with Crippen molar-refractivity contribution >= 4 is 11.2 Å². The van der Waals surface area contributed by atoms with E-state index in [2.05, 4.69) is 14.9 Å². The number of halogens is 2. The van der Waals surface area contributed by atoms with Crippen LogP contribution in [0, 0.1) is 23.5 Å². The van der Waals surface area contributed by atoms with Gasteiger partial charge in [0.25, 0.3) is 5.56 Å². The fraction of sp³-hybridized carbons (Fsp3) is 0.433. The van der Waals surface area contributed by atoms with Gasteiger partial charge in [0.2, 0.25) is 0 Å². The van der Waals surface area contributed by atoms with E-state index in [4.69, 9.17) is 0 Å². The van der Waals surface area contributed by atoms with Gasteiger partial charge in [0, 0.05) is 32.5 Å². The average molecular weight is 536 g/mol. The van der Waals surface area contributed by atoms with E-state index in [0.717, 1.165) is 48.2 Å². The molecule has 1 N–H and O–H groups in total. The largest absolute Gasteiger partial charge is 0.336 e. The van der Waals surface area contributed by atoms with Crippen LogP contribution in [0.15, 0.2) is 58.1 Å². The van der Waals surface area contributed by atoms with Crippen molar-refractivity contribution in [1.82, 2.24) is 24.0 Å². The predicted molar refractivity (Wildman–Crippen MR) is 148 cm³/mol. The van der Waals surface area contributed by atoms with E-state index >= 15 is 0 Å². The van der Waals surface area contributed by atoms with Gasteiger partial charge < -0.3 is 9.88 Å². The van der Waals surface area contributed by atoms with E-state index in [-0.39, 0.29) is 34.7 Å². The molecule has 0 saturated carbocycles. The Labute approximate surface area is 226 Å². The maximum Gasteiger partial charge on any atom is 0.332 e. The summed E-state index contributed by atoms with van der Waals surface area (Å²) in [5.41, 5.74) is 2.16. The molecule has 2 aromatic heterocycles. The van der Waals surface area contributed by atoms with Gasteiger partial charge in [-0.05, 0) is 73.2 Å². The minimum absolute atomic E-state index is 0.0672. The number of aromatic amines is 1. The minimum atomic E-state index is -0.359. The van der Waals surface area contributed by atoms with Crippen LogP contribution in [-0.2, 0) is 20.0 Å². The fourth-order valence-corrected chi connectivity index (χ4v) is 5.78. The summed E-state index contributed by atoms with van der Waals surface area (Å²) in [6, 6.07) is 13.3. The summed E-state index contributed by atoms with van der Waals surface area (Å²) in [6.07, 6.45) is 2.54. The molecular weight excluding hydrogens is 500 g/mol. The van der Waals surface area contributed by atoms with E-state index in [1.807, 2.05) is 38.1 Å². The van der Waals surface area contributed by atoms with E-state index < -0.39 is 0 Å². The zero-order valence-corrected chi connectivity index (χ0v) is 22.7. The lowest BCUT2D eigenvalue weighted by molar-refractivity contribution is 0.176. The number of fused-ring (bicyclic) bond motifs is 1. The number of nitrogens with one attached hydrogen (secondary N) is 1. The molecule has 9 heteroatoms. The molecular formula is C30H35F2N5O2. The number of H-pyrrole nitrogens is 1. The topological polar surface area (TPSA) is 75.9 Å². The van der Waals surface area contributed by atoms with Crippen molar-refractivity contribution in [1.29, 1.82) is 0 Å². The molecule has 0 amide bonds. The Balaban J connectivity index is 1.29. The first-order valence-corrected chi connectivity index (χ1v) is 13.6. The molecule has 2 aromatic carbocycles.